The lowest BCUT2D eigenvalue weighted by Gasteiger charge is -2.15. The van der Waals surface area contributed by atoms with Crippen LogP contribution in [0.5, 0.6) is 0 Å². The standard InChI is InChI=1S/C13H14F2N4/c1-19(5-4-16)13-17-7-9(8-18-13)11-6-10(14)2-3-12(11)15/h2-3,6-8H,4-5,16H2,1H3. The first-order valence-corrected chi connectivity index (χ1v) is 5.80. The minimum absolute atomic E-state index is 0.146. The van der Waals surface area contributed by atoms with Crippen molar-refractivity contribution in [3.8, 4) is 11.1 Å². The summed E-state index contributed by atoms with van der Waals surface area (Å²) in [6.07, 6.45) is 2.93. The van der Waals surface area contributed by atoms with Gasteiger partial charge in [-0.25, -0.2) is 18.7 Å². The summed E-state index contributed by atoms with van der Waals surface area (Å²) in [6.45, 7) is 1.10. The monoisotopic (exact) mass is 264 g/mol. The second-order valence-electron chi connectivity index (χ2n) is 4.11. The van der Waals surface area contributed by atoms with Gasteiger partial charge in [0.15, 0.2) is 0 Å². The molecule has 19 heavy (non-hydrogen) atoms. The Labute approximate surface area is 109 Å². The minimum atomic E-state index is -0.506. The van der Waals surface area contributed by atoms with E-state index < -0.39 is 11.6 Å². The van der Waals surface area contributed by atoms with Gasteiger partial charge in [-0.15, -0.1) is 0 Å². The van der Waals surface area contributed by atoms with E-state index in [9.17, 15) is 8.78 Å². The molecule has 0 radical (unpaired) electrons. The number of rotatable bonds is 4. The molecule has 1 aromatic carbocycles. The lowest BCUT2D eigenvalue weighted by Crippen LogP contribution is -2.26. The molecule has 6 heteroatoms. The van der Waals surface area contributed by atoms with Crippen LogP contribution in [0.3, 0.4) is 0 Å². The van der Waals surface area contributed by atoms with E-state index in [-0.39, 0.29) is 5.56 Å². The highest BCUT2D eigenvalue weighted by Gasteiger charge is 2.09. The van der Waals surface area contributed by atoms with Crippen LogP contribution >= 0.6 is 0 Å². The number of halogens is 2. The molecule has 0 amide bonds. The van der Waals surface area contributed by atoms with E-state index in [1.54, 1.807) is 4.90 Å². The van der Waals surface area contributed by atoms with E-state index in [0.717, 1.165) is 18.2 Å². The van der Waals surface area contributed by atoms with Gasteiger partial charge in [0.1, 0.15) is 11.6 Å². The number of nitrogens with two attached hydrogens (primary N) is 1. The Bertz CT molecular complexity index is 557. The van der Waals surface area contributed by atoms with Gasteiger partial charge in [0.25, 0.3) is 0 Å². The van der Waals surface area contributed by atoms with Gasteiger partial charge in [-0.05, 0) is 18.2 Å². The molecule has 0 aliphatic carbocycles. The van der Waals surface area contributed by atoms with Crippen LogP contribution in [0.15, 0.2) is 30.6 Å². The number of aromatic nitrogens is 2. The van der Waals surface area contributed by atoms with Crippen molar-refractivity contribution in [1.29, 1.82) is 0 Å². The number of likely N-dealkylation sites (N-methyl/N-ethyl adjacent to an activating group) is 1. The number of anilines is 1. The van der Waals surface area contributed by atoms with Gasteiger partial charge in [-0.3, -0.25) is 0 Å². The zero-order valence-electron chi connectivity index (χ0n) is 10.5. The second-order valence-corrected chi connectivity index (χ2v) is 4.11. The summed E-state index contributed by atoms with van der Waals surface area (Å²) >= 11 is 0. The number of hydrogen-bond donors (Lipinski definition) is 1. The van der Waals surface area contributed by atoms with Crippen molar-refractivity contribution in [3.05, 3.63) is 42.2 Å². The third-order valence-corrected chi connectivity index (χ3v) is 2.68. The van der Waals surface area contributed by atoms with E-state index in [2.05, 4.69) is 9.97 Å². The van der Waals surface area contributed by atoms with E-state index in [4.69, 9.17) is 5.73 Å². The van der Waals surface area contributed by atoms with Crippen LogP contribution in [0.2, 0.25) is 0 Å². The van der Waals surface area contributed by atoms with Crippen molar-refractivity contribution in [2.45, 2.75) is 0 Å². The maximum Gasteiger partial charge on any atom is 0.225 e. The molecule has 1 heterocycles. The molecule has 0 spiro atoms. The average Bonchev–Trinajstić information content (AvgIpc) is 2.42. The van der Waals surface area contributed by atoms with Gasteiger partial charge in [-0.2, -0.15) is 0 Å². The summed E-state index contributed by atoms with van der Waals surface area (Å²) in [5, 5.41) is 0. The van der Waals surface area contributed by atoms with E-state index in [1.165, 1.54) is 12.4 Å². The number of hydrogen-bond acceptors (Lipinski definition) is 4. The van der Waals surface area contributed by atoms with Crippen LogP contribution in [-0.4, -0.2) is 30.1 Å². The van der Waals surface area contributed by atoms with Crippen molar-refractivity contribution >= 4 is 5.95 Å². The highest BCUT2D eigenvalue weighted by molar-refractivity contribution is 5.62. The van der Waals surface area contributed by atoms with Crippen molar-refractivity contribution in [1.82, 2.24) is 9.97 Å². The van der Waals surface area contributed by atoms with Gasteiger partial charge in [0.05, 0.1) is 0 Å². The highest BCUT2D eigenvalue weighted by Crippen LogP contribution is 2.23. The van der Waals surface area contributed by atoms with Gasteiger partial charge in [-0.1, -0.05) is 0 Å². The molecular weight excluding hydrogens is 250 g/mol. The average molecular weight is 264 g/mol. The van der Waals surface area contributed by atoms with Crippen LogP contribution in [0, 0.1) is 11.6 Å². The lowest BCUT2D eigenvalue weighted by molar-refractivity contribution is 0.603. The molecular formula is C13H14F2N4. The smallest absolute Gasteiger partial charge is 0.225 e. The van der Waals surface area contributed by atoms with Gasteiger partial charge in [0, 0.05) is 43.7 Å². The SMILES string of the molecule is CN(CCN)c1ncc(-c2cc(F)ccc2F)cn1. The number of benzene rings is 1. The normalized spacial score (nSPS) is 10.5. The zero-order valence-corrected chi connectivity index (χ0v) is 10.5. The van der Waals surface area contributed by atoms with Crippen molar-refractivity contribution in [2.75, 3.05) is 25.0 Å². The molecule has 4 nitrogen and oxygen atoms in total. The Balaban J connectivity index is 2.29. The van der Waals surface area contributed by atoms with E-state index >= 15 is 0 Å². The molecule has 0 fully saturated rings. The second kappa shape index (κ2) is 5.71. The van der Waals surface area contributed by atoms with Gasteiger partial charge in [0.2, 0.25) is 5.95 Å². The number of nitrogens with zero attached hydrogens (tertiary/aromatic N) is 3. The molecule has 0 aliphatic heterocycles. The van der Waals surface area contributed by atoms with E-state index in [1.807, 2.05) is 7.05 Å². The Kier molecular flexibility index (Phi) is 4.01. The Hall–Kier alpha value is -2.08. The minimum Gasteiger partial charge on any atom is -0.343 e. The molecule has 0 bridgehead atoms. The summed E-state index contributed by atoms with van der Waals surface area (Å²) in [7, 11) is 1.81. The Morgan fingerprint density at radius 2 is 1.89 bits per heavy atom. The zero-order chi connectivity index (χ0) is 13.8. The first kappa shape index (κ1) is 13.4. The summed E-state index contributed by atoms with van der Waals surface area (Å²) in [5.74, 6) is -0.514. The predicted octanol–water partition coefficient (Wildman–Crippen LogP) is 1.82. The summed E-state index contributed by atoms with van der Waals surface area (Å²) in [6, 6.07) is 3.28. The molecule has 0 saturated heterocycles. The fourth-order valence-corrected chi connectivity index (χ4v) is 1.67. The van der Waals surface area contributed by atoms with Crippen molar-refractivity contribution < 1.29 is 8.78 Å². The van der Waals surface area contributed by atoms with Crippen LogP contribution < -0.4 is 10.6 Å². The predicted molar refractivity (Wildman–Crippen MR) is 69.7 cm³/mol. The lowest BCUT2D eigenvalue weighted by atomic mass is 10.1. The maximum atomic E-state index is 13.6. The molecule has 0 atom stereocenters. The van der Waals surface area contributed by atoms with Crippen LogP contribution in [-0.2, 0) is 0 Å². The Morgan fingerprint density at radius 1 is 1.21 bits per heavy atom. The van der Waals surface area contributed by atoms with Crippen molar-refractivity contribution in [2.24, 2.45) is 5.73 Å². The summed E-state index contributed by atoms with van der Waals surface area (Å²) in [5.41, 5.74) is 6.01. The molecule has 0 unspecified atom stereocenters. The first-order chi connectivity index (χ1) is 9.11. The Morgan fingerprint density at radius 3 is 2.53 bits per heavy atom. The van der Waals surface area contributed by atoms with Crippen LogP contribution in [0.4, 0.5) is 14.7 Å². The molecule has 2 rings (SSSR count). The van der Waals surface area contributed by atoms with Crippen molar-refractivity contribution in [3.63, 3.8) is 0 Å². The van der Waals surface area contributed by atoms with Gasteiger partial charge < -0.3 is 10.6 Å². The van der Waals surface area contributed by atoms with Crippen LogP contribution in [0.1, 0.15) is 0 Å². The summed E-state index contributed by atoms with van der Waals surface area (Å²) < 4.78 is 26.7. The molecule has 0 aliphatic rings. The summed E-state index contributed by atoms with van der Waals surface area (Å²) in [4.78, 5) is 10.0. The topological polar surface area (TPSA) is 55.0 Å². The quantitative estimate of drug-likeness (QED) is 0.915. The van der Waals surface area contributed by atoms with E-state index in [0.29, 0.717) is 24.6 Å². The first-order valence-electron chi connectivity index (χ1n) is 5.80. The molecule has 2 N–H and O–H groups in total. The molecule has 0 saturated carbocycles. The fraction of sp³-hybridized carbons (Fsp3) is 0.231. The highest BCUT2D eigenvalue weighted by atomic mass is 19.1. The molecule has 100 valence electrons. The molecule has 1 aromatic heterocycles. The fourth-order valence-electron chi connectivity index (χ4n) is 1.67. The third kappa shape index (κ3) is 3.03. The van der Waals surface area contributed by atoms with Gasteiger partial charge >= 0.3 is 0 Å². The van der Waals surface area contributed by atoms with Crippen LogP contribution in [0.25, 0.3) is 11.1 Å². The molecule has 2 aromatic rings. The third-order valence-electron chi connectivity index (χ3n) is 2.68. The maximum absolute atomic E-state index is 13.6. The largest absolute Gasteiger partial charge is 0.343 e.